The van der Waals surface area contributed by atoms with Gasteiger partial charge in [-0.25, -0.2) is 14.8 Å². The van der Waals surface area contributed by atoms with E-state index in [1.165, 1.54) is 24.1 Å². The molecule has 0 aromatic carbocycles. The predicted molar refractivity (Wildman–Crippen MR) is 61.4 cm³/mol. The summed E-state index contributed by atoms with van der Waals surface area (Å²) in [5.74, 6) is 0. The summed E-state index contributed by atoms with van der Waals surface area (Å²) in [4.78, 5) is 30.7. The molecule has 6 heteroatoms. The van der Waals surface area contributed by atoms with Gasteiger partial charge in [0.1, 0.15) is 11.7 Å². The summed E-state index contributed by atoms with van der Waals surface area (Å²) < 4.78 is 2.35. The van der Waals surface area contributed by atoms with E-state index in [1.807, 2.05) is 13.8 Å². The molecule has 0 N–H and O–H groups in total. The van der Waals surface area contributed by atoms with Crippen LogP contribution in [0.4, 0.5) is 0 Å². The van der Waals surface area contributed by atoms with Crippen LogP contribution in [-0.4, -0.2) is 19.1 Å². The quantitative estimate of drug-likeness (QED) is 0.631. The van der Waals surface area contributed by atoms with E-state index in [4.69, 9.17) is 0 Å². The Bertz CT molecular complexity index is 612. The Balaban J connectivity index is 0.000000606. The second kappa shape index (κ2) is 4.69. The molecule has 86 valence electrons. The molecule has 2 aromatic heterocycles. The molecule has 0 radical (unpaired) electrons. The minimum atomic E-state index is -0.388. The zero-order chi connectivity index (χ0) is 12.3. The smallest absolute Gasteiger partial charge is 0.280 e. The van der Waals surface area contributed by atoms with E-state index in [1.54, 1.807) is 7.05 Å². The Hall–Kier alpha value is -1.98. The largest absolute Gasteiger partial charge is 0.332 e. The van der Waals surface area contributed by atoms with Crippen molar-refractivity contribution in [3.8, 4) is 0 Å². The van der Waals surface area contributed by atoms with Gasteiger partial charge in [0.25, 0.3) is 5.56 Å². The maximum Gasteiger partial charge on any atom is 0.332 e. The van der Waals surface area contributed by atoms with Crippen molar-refractivity contribution >= 4 is 11.0 Å². The van der Waals surface area contributed by atoms with Crippen molar-refractivity contribution in [2.75, 3.05) is 0 Å². The molecule has 0 unspecified atom stereocenters. The monoisotopic (exact) mass is 222 g/mol. The second-order valence-corrected chi connectivity index (χ2v) is 2.97. The van der Waals surface area contributed by atoms with Gasteiger partial charge in [-0.15, -0.1) is 0 Å². The minimum Gasteiger partial charge on any atom is -0.280 e. The zero-order valence-electron chi connectivity index (χ0n) is 9.76. The van der Waals surface area contributed by atoms with E-state index in [-0.39, 0.29) is 11.2 Å². The fraction of sp³-hybridized carbons (Fsp3) is 0.400. The third kappa shape index (κ3) is 1.73. The Morgan fingerprint density at radius 3 is 2.38 bits per heavy atom. The summed E-state index contributed by atoms with van der Waals surface area (Å²) in [6.07, 6.45) is 2.71. The van der Waals surface area contributed by atoms with E-state index >= 15 is 0 Å². The maximum atomic E-state index is 11.6. The van der Waals surface area contributed by atoms with Gasteiger partial charge in [0.15, 0.2) is 5.65 Å². The number of aryl methyl sites for hydroxylation is 1. The third-order valence-electron chi connectivity index (χ3n) is 2.12. The average Bonchev–Trinajstić information content (AvgIpc) is 2.36. The normalized spacial score (nSPS) is 9.75. The Morgan fingerprint density at radius 1 is 1.12 bits per heavy atom. The highest BCUT2D eigenvalue weighted by Gasteiger charge is 2.07. The van der Waals surface area contributed by atoms with Gasteiger partial charge in [-0.05, 0) is 0 Å². The molecular formula is C10H14N4O2. The van der Waals surface area contributed by atoms with E-state index in [0.717, 1.165) is 4.57 Å². The lowest BCUT2D eigenvalue weighted by molar-refractivity contribution is 0.706. The molecule has 0 aliphatic rings. The highest BCUT2D eigenvalue weighted by atomic mass is 16.2. The maximum absolute atomic E-state index is 11.6. The molecule has 0 saturated carbocycles. The molecule has 0 saturated heterocycles. The van der Waals surface area contributed by atoms with Crippen LogP contribution in [0, 0.1) is 0 Å². The molecule has 0 fully saturated rings. The van der Waals surface area contributed by atoms with Crippen LogP contribution in [0.3, 0.4) is 0 Å². The van der Waals surface area contributed by atoms with Gasteiger partial charge in [-0.2, -0.15) is 0 Å². The highest BCUT2D eigenvalue weighted by Crippen LogP contribution is 1.98. The van der Waals surface area contributed by atoms with Gasteiger partial charge in [0.05, 0.1) is 0 Å². The molecule has 0 amide bonds. The lowest BCUT2D eigenvalue weighted by Crippen LogP contribution is -2.37. The fourth-order valence-corrected chi connectivity index (χ4v) is 1.32. The average molecular weight is 222 g/mol. The van der Waals surface area contributed by atoms with E-state index < -0.39 is 0 Å². The predicted octanol–water partition coefficient (Wildman–Crippen LogP) is 0.0534. The molecule has 0 bridgehead atoms. The third-order valence-corrected chi connectivity index (χ3v) is 2.12. The molecule has 0 aliphatic heterocycles. The van der Waals surface area contributed by atoms with Crippen molar-refractivity contribution in [2.45, 2.75) is 13.8 Å². The summed E-state index contributed by atoms with van der Waals surface area (Å²) in [5.41, 5.74) is -0.405. The second-order valence-electron chi connectivity index (χ2n) is 2.97. The topological polar surface area (TPSA) is 69.8 Å². The van der Waals surface area contributed by atoms with Crippen molar-refractivity contribution in [1.82, 2.24) is 19.1 Å². The minimum absolute atomic E-state index is 0.345. The molecule has 2 rings (SSSR count). The van der Waals surface area contributed by atoms with Crippen LogP contribution in [-0.2, 0) is 14.1 Å². The molecule has 0 spiro atoms. The number of rotatable bonds is 0. The first-order valence-electron chi connectivity index (χ1n) is 4.98. The number of hydrogen-bond donors (Lipinski definition) is 0. The standard InChI is InChI=1S/C8H8N4O2.C2H6/c1-11-6-5(3-9-4-10-6)7(13)12(2)8(11)14;1-2/h3-4H,1-2H3;1-2H3. The van der Waals surface area contributed by atoms with E-state index in [2.05, 4.69) is 9.97 Å². The van der Waals surface area contributed by atoms with Gasteiger partial charge in [0.2, 0.25) is 0 Å². The van der Waals surface area contributed by atoms with Crippen molar-refractivity contribution in [1.29, 1.82) is 0 Å². The van der Waals surface area contributed by atoms with Gasteiger partial charge >= 0.3 is 5.69 Å². The summed E-state index contributed by atoms with van der Waals surface area (Å²) in [7, 11) is 2.99. The van der Waals surface area contributed by atoms with Crippen LogP contribution in [0.2, 0.25) is 0 Å². The van der Waals surface area contributed by atoms with Crippen LogP contribution < -0.4 is 11.2 Å². The van der Waals surface area contributed by atoms with Gasteiger partial charge in [-0.1, -0.05) is 13.8 Å². The number of aromatic nitrogens is 4. The molecule has 2 aromatic rings. The molecule has 16 heavy (non-hydrogen) atoms. The van der Waals surface area contributed by atoms with E-state index in [0.29, 0.717) is 11.0 Å². The van der Waals surface area contributed by atoms with Crippen LogP contribution in [0.5, 0.6) is 0 Å². The van der Waals surface area contributed by atoms with Crippen LogP contribution in [0.15, 0.2) is 22.1 Å². The van der Waals surface area contributed by atoms with Crippen LogP contribution in [0.25, 0.3) is 11.0 Å². The SMILES string of the molecule is CC.Cn1c(=O)c2cncnc2n(C)c1=O. The lowest BCUT2D eigenvalue weighted by Gasteiger charge is -2.04. The number of fused-ring (bicyclic) bond motifs is 1. The molecule has 2 heterocycles. The van der Waals surface area contributed by atoms with Crippen molar-refractivity contribution < 1.29 is 0 Å². The van der Waals surface area contributed by atoms with Crippen molar-refractivity contribution in [3.05, 3.63) is 33.4 Å². The van der Waals surface area contributed by atoms with Crippen molar-refractivity contribution in [2.24, 2.45) is 14.1 Å². The van der Waals surface area contributed by atoms with Crippen LogP contribution >= 0.6 is 0 Å². The fourth-order valence-electron chi connectivity index (χ4n) is 1.32. The Morgan fingerprint density at radius 2 is 1.75 bits per heavy atom. The lowest BCUT2D eigenvalue weighted by atomic mass is 10.4. The van der Waals surface area contributed by atoms with Crippen molar-refractivity contribution in [3.63, 3.8) is 0 Å². The van der Waals surface area contributed by atoms with Gasteiger partial charge in [0, 0.05) is 20.3 Å². The zero-order valence-corrected chi connectivity index (χ0v) is 9.76. The molecular weight excluding hydrogens is 208 g/mol. The summed E-state index contributed by atoms with van der Waals surface area (Å²) >= 11 is 0. The first-order valence-corrected chi connectivity index (χ1v) is 4.98. The number of nitrogens with zero attached hydrogens (tertiary/aromatic N) is 4. The Kier molecular flexibility index (Phi) is 3.55. The van der Waals surface area contributed by atoms with Gasteiger partial charge in [-0.3, -0.25) is 13.9 Å². The number of hydrogen-bond acceptors (Lipinski definition) is 4. The van der Waals surface area contributed by atoms with E-state index in [9.17, 15) is 9.59 Å². The molecule has 0 aliphatic carbocycles. The summed E-state index contributed by atoms with van der Waals surface area (Å²) in [5, 5.41) is 0.345. The Labute approximate surface area is 92.2 Å². The molecule has 0 atom stereocenters. The first-order chi connectivity index (χ1) is 7.63. The first kappa shape index (κ1) is 12.1. The summed E-state index contributed by atoms with van der Waals surface area (Å²) in [6, 6.07) is 0. The molecule has 6 nitrogen and oxygen atoms in total. The summed E-state index contributed by atoms with van der Waals surface area (Å²) in [6.45, 7) is 4.00. The van der Waals surface area contributed by atoms with Gasteiger partial charge < -0.3 is 0 Å². The van der Waals surface area contributed by atoms with Crippen LogP contribution in [0.1, 0.15) is 13.8 Å². The highest BCUT2D eigenvalue weighted by molar-refractivity contribution is 5.72.